The van der Waals surface area contributed by atoms with Gasteiger partial charge >= 0.3 is 0 Å². The standard InChI is InChI=1S/C21H42O2Si2/c1-16(2)19(15-22-25(10,11)21(4,5)6)18-12-13-20(17(3)14-18)23-24(7,8)9/h12-13,16,18-19H,14-15H2,1-11H3. The summed E-state index contributed by atoms with van der Waals surface area (Å²) in [5.74, 6) is 2.85. The number of allylic oxidation sites excluding steroid dienone is 3. The molecule has 1 rings (SSSR count). The molecule has 0 aliphatic heterocycles. The van der Waals surface area contributed by atoms with Crippen molar-refractivity contribution in [3.8, 4) is 0 Å². The zero-order valence-electron chi connectivity index (χ0n) is 18.6. The van der Waals surface area contributed by atoms with Crippen LogP contribution in [0, 0.1) is 17.8 Å². The second-order valence-corrected chi connectivity index (χ2v) is 19.8. The normalized spacial score (nSPS) is 21.0. The van der Waals surface area contributed by atoms with E-state index in [0.717, 1.165) is 18.8 Å². The van der Waals surface area contributed by atoms with Gasteiger partial charge < -0.3 is 8.85 Å². The number of rotatable bonds is 7. The van der Waals surface area contributed by atoms with E-state index in [1.165, 1.54) is 5.57 Å². The van der Waals surface area contributed by atoms with Crippen molar-refractivity contribution in [1.29, 1.82) is 0 Å². The molecule has 0 fully saturated rings. The Bertz CT molecular complexity index is 505. The molecule has 0 bridgehead atoms. The smallest absolute Gasteiger partial charge is 0.242 e. The van der Waals surface area contributed by atoms with Crippen molar-refractivity contribution in [1.82, 2.24) is 0 Å². The Balaban J connectivity index is 2.82. The van der Waals surface area contributed by atoms with Crippen LogP contribution in [0.4, 0.5) is 0 Å². The van der Waals surface area contributed by atoms with Gasteiger partial charge in [0.25, 0.3) is 0 Å². The topological polar surface area (TPSA) is 18.5 Å². The summed E-state index contributed by atoms with van der Waals surface area (Å²) < 4.78 is 12.8. The van der Waals surface area contributed by atoms with E-state index in [2.05, 4.69) is 86.4 Å². The monoisotopic (exact) mass is 382 g/mol. The van der Waals surface area contributed by atoms with E-state index in [4.69, 9.17) is 8.85 Å². The molecule has 0 amide bonds. The molecule has 0 spiro atoms. The molecule has 0 aromatic rings. The van der Waals surface area contributed by atoms with Gasteiger partial charge in [-0.3, -0.25) is 0 Å². The second-order valence-electron chi connectivity index (χ2n) is 10.6. The van der Waals surface area contributed by atoms with E-state index in [1.807, 2.05) is 0 Å². The van der Waals surface area contributed by atoms with E-state index in [9.17, 15) is 0 Å². The van der Waals surface area contributed by atoms with Gasteiger partial charge in [-0.05, 0) is 80.5 Å². The van der Waals surface area contributed by atoms with Crippen LogP contribution in [0.5, 0.6) is 0 Å². The Morgan fingerprint density at radius 2 is 1.68 bits per heavy atom. The number of hydrogen-bond acceptors (Lipinski definition) is 2. The summed E-state index contributed by atoms with van der Waals surface area (Å²) >= 11 is 0. The highest BCUT2D eigenvalue weighted by Crippen LogP contribution is 2.39. The fourth-order valence-electron chi connectivity index (χ4n) is 2.95. The summed E-state index contributed by atoms with van der Waals surface area (Å²) in [7, 11) is -3.24. The largest absolute Gasteiger partial charge is 0.544 e. The predicted molar refractivity (Wildman–Crippen MR) is 116 cm³/mol. The van der Waals surface area contributed by atoms with E-state index in [-0.39, 0.29) is 5.04 Å². The molecule has 0 heterocycles. The van der Waals surface area contributed by atoms with Gasteiger partial charge in [-0.25, -0.2) is 0 Å². The first kappa shape index (κ1) is 22.7. The lowest BCUT2D eigenvalue weighted by Crippen LogP contribution is -2.43. The molecule has 2 atom stereocenters. The highest BCUT2D eigenvalue weighted by Gasteiger charge is 2.38. The van der Waals surface area contributed by atoms with Crippen LogP contribution in [0.25, 0.3) is 0 Å². The third-order valence-corrected chi connectivity index (χ3v) is 11.1. The Morgan fingerprint density at radius 1 is 1.12 bits per heavy atom. The SMILES string of the molecule is CC1=C(O[Si](C)(C)C)C=CC(C(CO[Si](C)(C)C(C)(C)C)C(C)C)C1. The van der Waals surface area contributed by atoms with Crippen molar-refractivity contribution in [2.75, 3.05) is 6.61 Å². The first-order chi connectivity index (χ1) is 11.1. The molecule has 1 aliphatic rings. The third kappa shape index (κ3) is 6.72. The maximum absolute atomic E-state index is 6.58. The average Bonchev–Trinajstić information content (AvgIpc) is 2.38. The quantitative estimate of drug-likeness (QED) is 0.442. The van der Waals surface area contributed by atoms with Crippen molar-refractivity contribution in [3.63, 3.8) is 0 Å². The molecular weight excluding hydrogens is 340 g/mol. The maximum Gasteiger partial charge on any atom is 0.242 e. The molecule has 1 aliphatic carbocycles. The fraction of sp³-hybridized carbons (Fsp3) is 0.810. The van der Waals surface area contributed by atoms with E-state index >= 15 is 0 Å². The Hall–Kier alpha value is -0.326. The first-order valence-electron chi connectivity index (χ1n) is 9.85. The minimum atomic E-state index is -1.69. The number of hydrogen-bond donors (Lipinski definition) is 0. The third-order valence-electron chi connectivity index (χ3n) is 5.72. The molecular formula is C21H42O2Si2. The Morgan fingerprint density at radius 3 is 2.08 bits per heavy atom. The summed E-state index contributed by atoms with van der Waals surface area (Å²) in [6.07, 6.45) is 5.70. The van der Waals surface area contributed by atoms with Gasteiger partial charge in [0, 0.05) is 6.61 Å². The van der Waals surface area contributed by atoms with Gasteiger partial charge in [0.15, 0.2) is 8.32 Å². The first-order valence-corrected chi connectivity index (χ1v) is 16.2. The summed E-state index contributed by atoms with van der Waals surface area (Å²) in [5, 5.41) is 0.269. The van der Waals surface area contributed by atoms with Crippen LogP contribution in [-0.2, 0) is 8.85 Å². The molecule has 0 saturated heterocycles. The van der Waals surface area contributed by atoms with Gasteiger partial charge in [0.1, 0.15) is 5.76 Å². The molecule has 146 valence electrons. The lowest BCUT2D eigenvalue weighted by atomic mass is 9.78. The van der Waals surface area contributed by atoms with Crippen molar-refractivity contribution >= 4 is 16.6 Å². The summed E-state index contributed by atoms with van der Waals surface area (Å²) in [6, 6.07) is 0. The lowest BCUT2D eigenvalue weighted by molar-refractivity contribution is 0.156. The molecule has 0 N–H and O–H groups in total. The van der Waals surface area contributed by atoms with Crippen molar-refractivity contribution in [2.45, 2.75) is 85.7 Å². The Kier molecular flexibility index (Phi) is 7.39. The second kappa shape index (κ2) is 8.14. The van der Waals surface area contributed by atoms with Crippen LogP contribution in [0.1, 0.15) is 48.0 Å². The Labute approximate surface area is 159 Å². The molecule has 0 aromatic carbocycles. The van der Waals surface area contributed by atoms with E-state index in [1.54, 1.807) is 0 Å². The summed E-state index contributed by atoms with van der Waals surface area (Å²) in [5.41, 5.74) is 1.40. The molecule has 2 nitrogen and oxygen atoms in total. The minimum absolute atomic E-state index is 0.269. The molecule has 0 radical (unpaired) electrons. The molecule has 4 heteroatoms. The fourth-order valence-corrected chi connectivity index (χ4v) is 4.90. The van der Waals surface area contributed by atoms with Crippen LogP contribution >= 0.6 is 0 Å². The van der Waals surface area contributed by atoms with Crippen LogP contribution in [-0.4, -0.2) is 23.2 Å². The van der Waals surface area contributed by atoms with Crippen molar-refractivity contribution in [3.05, 3.63) is 23.5 Å². The zero-order valence-corrected chi connectivity index (χ0v) is 20.6. The highest BCUT2D eigenvalue weighted by molar-refractivity contribution is 6.74. The zero-order chi connectivity index (χ0) is 19.6. The molecule has 0 saturated carbocycles. The highest BCUT2D eigenvalue weighted by atomic mass is 28.4. The van der Waals surface area contributed by atoms with E-state index in [0.29, 0.717) is 17.8 Å². The van der Waals surface area contributed by atoms with Gasteiger partial charge in [-0.15, -0.1) is 0 Å². The van der Waals surface area contributed by atoms with Gasteiger partial charge in [0.05, 0.1) is 0 Å². The lowest BCUT2D eigenvalue weighted by Gasteiger charge is -2.39. The van der Waals surface area contributed by atoms with Gasteiger partial charge in [-0.2, -0.15) is 0 Å². The summed E-state index contributed by atoms with van der Waals surface area (Å²) in [6.45, 7) is 26.2. The van der Waals surface area contributed by atoms with Crippen molar-refractivity contribution in [2.24, 2.45) is 17.8 Å². The van der Waals surface area contributed by atoms with Crippen LogP contribution in [0.2, 0.25) is 37.8 Å². The van der Waals surface area contributed by atoms with Gasteiger partial charge in [0.2, 0.25) is 8.32 Å². The van der Waals surface area contributed by atoms with Gasteiger partial charge in [-0.1, -0.05) is 40.7 Å². The van der Waals surface area contributed by atoms with E-state index < -0.39 is 16.6 Å². The maximum atomic E-state index is 6.58. The predicted octanol–water partition coefficient (Wildman–Crippen LogP) is 6.98. The average molecular weight is 383 g/mol. The summed E-state index contributed by atoms with van der Waals surface area (Å²) in [4.78, 5) is 0. The van der Waals surface area contributed by atoms with Crippen molar-refractivity contribution < 1.29 is 8.85 Å². The minimum Gasteiger partial charge on any atom is -0.544 e. The van der Waals surface area contributed by atoms with Crippen LogP contribution in [0.15, 0.2) is 23.5 Å². The molecule has 0 aromatic heterocycles. The van der Waals surface area contributed by atoms with Crippen LogP contribution in [0.3, 0.4) is 0 Å². The van der Waals surface area contributed by atoms with Crippen LogP contribution < -0.4 is 0 Å². The molecule has 2 unspecified atom stereocenters. The molecule has 25 heavy (non-hydrogen) atoms.